The normalized spacial score (nSPS) is 10.9. The highest BCUT2D eigenvalue weighted by atomic mass is 35.5. The highest BCUT2D eigenvalue weighted by Crippen LogP contribution is 2.25. The molecule has 0 aliphatic rings. The summed E-state index contributed by atoms with van der Waals surface area (Å²) in [4.78, 5) is 11.3. The second-order valence-electron chi connectivity index (χ2n) is 4.47. The van der Waals surface area contributed by atoms with Gasteiger partial charge in [-0.1, -0.05) is 0 Å². The molecule has 0 saturated heterocycles. The second-order valence-corrected chi connectivity index (χ2v) is 4.81. The molecule has 1 aromatic carbocycles. The number of hydrogen-bond donors (Lipinski definition) is 2. The zero-order valence-electron chi connectivity index (χ0n) is 10.7. The standard InChI is InChI=1S/C14H13ClN4/c1-8-9(2)17-12-4-3-10(7-11(8)12)18-13-5-6-16-14(15)19-13/h3-7,17H,1-2H3,(H,16,18,19). The zero-order chi connectivity index (χ0) is 13.4. The third-order valence-electron chi connectivity index (χ3n) is 3.21. The Labute approximate surface area is 115 Å². The topological polar surface area (TPSA) is 53.6 Å². The van der Waals surface area contributed by atoms with Gasteiger partial charge < -0.3 is 10.3 Å². The minimum absolute atomic E-state index is 0.236. The van der Waals surface area contributed by atoms with E-state index in [2.05, 4.69) is 46.2 Å². The van der Waals surface area contributed by atoms with Crippen LogP contribution in [0.15, 0.2) is 30.5 Å². The summed E-state index contributed by atoms with van der Waals surface area (Å²) in [5.74, 6) is 0.685. The van der Waals surface area contributed by atoms with Crippen LogP contribution in [0, 0.1) is 13.8 Å². The molecular formula is C14H13ClN4. The van der Waals surface area contributed by atoms with Crippen LogP contribution in [-0.4, -0.2) is 15.0 Å². The van der Waals surface area contributed by atoms with Crippen molar-refractivity contribution < 1.29 is 0 Å². The molecule has 3 aromatic rings. The van der Waals surface area contributed by atoms with Crippen LogP contribution in [0.3, 0.4) is 0 Å². The Morgan fingerprint density at radius 1 is 1.21 bits per heavy atom. The van der Waals surface area contributed by atoms with E-state index < -0.39 is 0 Å². The Bertz CT molecular complexity index is 748. The number of fused-ring (bicyclic) bond motifs is 1. The number of benzene rings is 1. The van der Waals surface area contributed by atoms with Crippen LogP contribution in [0.2, 0.25) is 5.28 Å². The molecule has 2 N–H and O–H groups in total. The maximum atomic E-state index is 5.77. The molecular weight excluding hydrogens is 260 g/mol. The molecule has 0 unspecified atom stereocenters. The molecule has 5 heteroatoms. The molecule has 0 fully saturated rings. The first-order valence-corrected chi connectivity index (χ1v) is 6.36. The van der Waals surface area contributed by atoms with Crippen LogP contribution < -0.4 is 5.32 Å². The van der Waals surface area contributed by atoms with Gasteiger partial charge in [0, 0.05) is 28.5 Å². The van der Waals surface area contributed by atoms with Gasteiger partial charge in [0.05, 0.1) is 0 Å². The van der Waals surface area contributed by atoms with E-state index in [0.29, 0.717) is 5.82 Å². The number of nitrogens with zero attached hydrogens (tertiary/aromatic N) is 2. The quantitative estimate of drug-likeness (QED) is 0.694. The highest BCUT2D eigenvalue weighted by molar-refractivity contribution is 6.28. The zero-order valence-corrected chi connectivity index (χ0v) is 11.4. The van der Waals surface area contributed by atoms with Crippen molar-refractivity contribution in [1.29, 1.82) is 0 Å². The Morgan fingerprint density at radius 3 is 2.84 bits per heavy atom. The van der Waals surface area contributed by atoms with E-state index >= 15 is 0 Å². The van der Waals surface area contributed by atoms with E-state index in [1.807, 2.05) is 6.07 Å². The first-order valence-electron chi connectivity index (χ1n) is 5.98. The number of anilines is 2. The van der Waals surface area contributed by atoms with E-state index in [1.54, 1.807) is 12.3 Å². The third kappa shape index (κ3) is 2.27. The van der Waals surface area contributed by atoms with Crippen molar-refractivity contribution in [2.45, 2.75) is 13.8 Å². The van der Waals surface area contributed by atoms with Gasteiger partial charge in [-0.2, -0.15) is 0 Å². The Morgan fingerprint density at radius 2 is 2.05 bits per heavy atom. The number of rotatable bonds is 2. The van der Waals surface area contributed by atoms with Crippen molar-refractivity contribution in [3.63, 3.8) is 0 Å². The lowest BCUT2D eigenvalue weighted by atomic mass is 10.1. The molecule has 2 heterocycles. The lowest BCUT2D eigenvalue weighted by Crippen LogP contribution is -1.94. The molecule has 2 aromatic heterocycles. The fraction of sp³-hybridized carbons (Fsp3) is 0.143. The second kappa shape index (κ2) is 4.55. The minimum Gasteiger partial charge on any atom is -0.358 e. The van der Waals surface area contributed by atoms with Crippen molar-refractivity contribution >= 4 is 34.0 Å². The molecule has 19 heavy (non-hydrogen) atoms. The lowest BCUT2D eigenvalue weighted by Gasteiger charge is -2.05. The van der Waals surface area contributed by atoms with E-state index in [4.69, 9.17) is 11.6 Å². The summed E-state index contributed by atoms with van der Waals surface area (Å²) in [6.45, 7) is 4.19. The summed E-state index contributed by atoms with van der Waals surface area (Å²) >= 11 is 5.77. The van der Waals surface area contributed by atoms with E-state index in [1.165, 1.54) is 16.6 Å². The van der Waals surface area contributed by atoms with Crippen molar-refractivity contribution in [3.05, 3.63) is 47.0 Å². The lowest BCUT2D eigenvalue weighted by molar-refractivity contribution is 1.17. The van der Waals surface area contributed by atoms with Gasteiger partial charge in [0.1, 0.15) is 5.82 Å². The molecule has 3 rings (SSSR count). The summed E-state index contributed by atoms with van der Waals surface area (Å²) in [5, 5.41) is 4.67. The van der Waals surface area contributed by atoms with E-state index in [0.717, 1.165) is 11.2 Å². The molecule has 0 aliphatic carbocycles. The van der Waals surface area contributed by atoms with Crippen LogP contribution in [0.1, 0.15) is 11.3 Å². The molecule has 0 atom stereocenters. The SMILES string of the molecule is Cc1[nH]c2ccc(Nc3ccnc(Cl)n3)cc2c1C. The van der Waals surface area contributed by atoms with Crippen LogP contribution in [0.5, 0.6) is 0 Å². The monoisotopic (exact) mass is 272 g/mol. The van der Waals surface area contributed by atoms with Crippen molar-refractivity contribution in [3.8, 4) is 0 Å². The van der Waals surface area contributed by atoms with Crippen molar-refractivity contribution in [1.82, 2.24) is 15.0 Å². The number of hydrogen-bond acceptors (Lipinski definition) is 3. The van der Waals surface area contributed by atoms with Crippen LogP contribution in [0.25, 0.3) is 10.9 Å². The number of aryl methyl sites for hydroxylation is 2. The summed E-state index contributed by atoms with van der Waals surface area (Å²) in [5.41, 5.74) is 4.57. The fourth-order valence-electron chi connectivity index (χ4n) is 2.09. The average Bonchev–Trinajstić information content (AvgIpc) is 2.66. The number of halogens is 1. The third-order valence-corrected chi connectivity index (χ3v) is 3.39. The molecule has 0 amide bonds. The molecule has 0 spiro atoms. The Kier molecular flexibility index (Phi) is 2.87. The number of nitrogens with one attached hydrogen (secondary N) is 2. The van der Waals surface area contributed by atoms with Gasteiger partial charge in [0.15, 0.2) is 0 Å². The van der Waals surface area contributed by atoms with Crippen LogP contribution >= 0.6 is 11.6 Å². The van der Waals surface area contributed by atoms with E-state index in [-0.39, 0.29) is 5.28 Å². The highest BCUT2D eigenvalue weighted by Gasteiger charge is 2.05. The molecule has 0 radical (unpaired) electrons. The van der Waals surface area contributed by atoms with Gasteiger partial charge in [-0.3, -0.25) is 0 Å². The first kappa shape index (κ1) is 12.0. The first-order chi connectivity index (χ1) is 9.13. The van der Waals surface area contributed by atoms with Gasteiger partial charge in [-0.15, -0.1) is 0 Å². The predicted molar refractivity (Wildman–Crippen MR) is 78.1 cm³/mol. The van der Waals surface area contributed by atoms with Gasteiger partial charge in [-0.05, 0) is 55.3 Å². The van der Waals surface area contributed by atoms with Gasteiger partial charge >= 0.3 is 0 Å². The summed E-state index contributed by atoms with van der Waals surface area (Å²) in [6.07, 6.45) is 1.63. The number of aromatic amines is 1. The molecule has 0 saturated carbocycles. The average molecular weight is 273 g/mol. The van der Waals surface area contributed by atoms with Crippen LogP contribution in [0.4, 0.5) is 11.5 Å². The van der Waals surface area contributed by atoms with Crippen LogP contribution in [-0.2, 0) is 0 Å². The summed E-state index contributed by atoms with van der Waals surface area (Å²) < 4.78 is 0. The largest absolute Gasteiger partial charge is 0.358 e. The molecule has 0 bridgehead atoms. The maximum absolute atomic E-state index is 5.77. The van der Waals surface area contributed by atoms with Gasteiger partial charge in [-0.25, -0.2) is 9.97 Å². The summed E-state index contributed by atoms with van der Waals surface area (Å²) in [6, 6.07) is 7.95. The van der Waals surface area contributed by atoms with Gasteiger partial charge in [0.25, 0.3) is 0 Å². The molecule has 96 valence electrons. The van der Waals surface area contributed by atoms with Gasteiger partial charge in [0.2, 0.25) is 5.28 Å². The molecule has 0 aliphatic heterocycles. The summed E-state index contributed by atoms with van der Waals surface area (Å²) in [7, 11) is 0. The fourth-order valence-corrected chi connectivity index (χ4v) is 2.24. The van der Waals surface area contributed by atoms with Crippen molar-refractivity contribution in [2.75, 3.05) is 5.32 Å². The van der Waals surface area contributed by atoms with E-state index in [9.17, 15) is 0 Å². The number of aromatic nitrogens is 3. The predicted octanol–water partition coefficient (Wildman–Crippen LogP) is 3.97. The minimum atomic E-state index is 0.236. The van der Waals surface area contributed by atoms with Crippen molar-refractivity contribution in [2.24, 2.45) is 0 Å². The Balaban J connectivity index is 1.99. The number of H-pyrrole nitrogens is 1. The smallest absolute Gasteiger partial charge is 0.224 e. The Hall–Kier alpha value is -2.07. The maximum Gasteiger partial charge on any atom is 0.224 e. The molecule has 4 nitrogen and oxygen atoms in total.